The lowest BCUT2D eigenvalue weighted by molar-refractivity contribution is 0.381. The van der Waals surface area contributed by atoms with Crippen LogP contribution in [-0.2, 0) is 10.4 Å². The van der Waals surface area contributed by atoms with Crippen LogP contribution in [0.2, 0.25) is 0 Å². The van der Waals surface area contributed by atoms with Gasteiger partial charge in [-0.25, -0.2) is 0 Å². The zero-order chi connectivity index (χ0) is 12.1. The average molecular weight is 233 g/mol. The number of rotatable bonds is 1. The van der Waals surface area contributed by atoms with E-state index in [4.69, 9.17) is 17.5 Å². The van der Waals surface area contributed by atoms with Gasteiger partial charge in [0.15, 0.2) is 0 Å². The van der Waals surface area contributed by atoms with Gasteiger partial charge >= 0.3 is 10.4 Å². The highest BCUT2D eigenvalue weighted by atomic mass is 32.3. The van der Waals surface area contributed by atoms with Crippen LogP contribution in [0.1, 0.15) is 5.56 Å². The average Bonchev–Trinajstić information content (AvgIpc) is 2.01. The van der Waals surface area contributed by atoms with Crippen molar-refractivity contribution in [1.82, 2.24) is 0 Å². The van der Waals surface area contributed by atoms with Crippen LogP contribution in [0, 0.1) is 6.92 Å². The lowest BCUT2D eigenvalue weighted by Gasteiger charge is -2.14. The fourth-order valence-corrected chi connectivity index (χ4v) is 1.07. The maximum Gasteiger partial charge on any atom is 0.394 e. The second-order valence-electron chi connectivity index (χ2n) is 3.13. The van der Waals surface area contributed by atoms with Gasteiger partial charge in [-0.05, 0) is 18.6 Å². The Hall–Kier alpha value is -1.11. The summed E-state index contributed by atoms with van der Waals surface area (Å²) >= 11 is 0. The maximum atomic E-state index is 8.74. The lowest BCUT2D eigenvalue weighted by Crippen LogP contribution is -2.09. The van der Waals surface area contributed by atoms with Crippen molar-refractivity contribution in [3.05, 3.63) is 29.8 Å². The molecule has 15 heavy (non-hydrogen) atoms. The van der Waals surface area contributed by atoms with E-state index in [9.17, 15) is 0 Å². The molecule has 0 unspecified atom stereocenters. The molecule has 1 aromatic carbocycles. The molecule has 0 spiro atoms. The number of benzene rings is 1. The van der Waals surface area contributed by atoms with E-state index in [-0.39, 0.29) is 0 Å². The normalized spacial score (nSPS) is 10.2. The first kappa shape index (κ1) is 13.9. The first-order valence-electron chi connectivity index (χ1n) is 4.14. The summed E-state index contributed by atoms with van der Waals surface area (Å²) < 4.78 is 31.6. The molecule has 0 saturated heterocycles. The standard InChI is InChI=1S/C9H13N.H2O4S/c1-8-6-4-5-7-9(8)10(2)3;1-5(2,3)4/h4-7H,1-3H3;(H2,1,2,3,4). The molecule has 0 fully saturated rings. The van der Waals surface area contributed by atoms with Crippen LogP contribution in [0.5, 0.6) is 0 Å². The van der Waals surface area contributed by atoms with Crippen LogP contribution >= 0.6 is 0 Å². The molecule has 0 saturated carbocycles. The number of hydrogen-bond acceptors (Lipinski definition) is 3. The molecule has 6 heteroatoms. The van der Waals surface area contributed by atoms with Gasteiger partial charge in [0.05, 0.1) is 0 Å². The molecule has 86 valence electrons. The third-order valence-corrected chi connectivity index (χ3v) is 1.60. The van der Waals surface area contributed by atoms with Gasteiger partial charge in [-0.1, -0.05) is 18.2 Å². The molecule has 0 aliphatic heterocycles. The molecule has 5 nitrogen and oxygen atoms in total. The topological polar surface area (TPSA) is 77.8 Å². The van der Waals surface area contributed by atoms with E-state index in [1.807, 2.05) is 0 Å². The third-order valence-electron chi connectivity index (χ3n) is 1.60. The largest absolute Gasteiger partial charge is 0.394 e. The number of anilines is 1. The van der Waals surface area contributed by atoms with Crippen molar-refractivity contribution in [3.8, 4) is 0 Å². The molecule has 0 heterocycles. The van der Waals surface area contributed by atoms with E-state index in [1.165, 1.54) is 11.3 Å². The van der Waals surface area contributed by atoms with Crippen LogP contribution in [0.4, 0.5) is 5.69 Å². The van der Waals surface area contributed by atoms with Gasteiger partial charge in [0.2, 0.25) is 0 Å². The third kappa shape index (κ3) is 7.92. The van der Waals surface area contributed by atoms with Gasteiger partial charge in [-0.3, -0.25) is 9.11 Å². The Kier molecular flexibility index (Phi) is 5.27. The van der Waals surface area contributed by atoms with Crippen molar-refractivity contribution in [2.24, 2.45) is 0 Å². The molecular weight excluding hydrogens is 218 g/mol. The molecule has 0 radical (unpaired) electrons. The SMILES string of the molecule is Cc1ccccc1N(C)C.O=S(=O)(O)O. The van der Waals surface area contributed by atoms with Gasteiger partial charge < -0.3 is 4.90 Å². The van der Waals surface area contributed by atoms with Gasteiger partial charge in [0.25, 0.3) is 0 Å². The molecule has 0 aliphatic rings. The predicted octanol–water partition coefficient (Wildman–Crippen LogP) is 1.41. The number of hydrogen-bond donors (Lipinski definition) is 2. The maximum absolute atomic E-state index is 8.74. The van der Waals surface area contributed by atoms with E-state index in [0.29, 0.717) is 0 Å². The molecular formula is C9H15NO4S. The van der Waals surface area contributed by atoms with E-state index in [1.54, 1.807) is 0 Å². The molecule has 2 N–H and O–H groups in total. The molecule has 1 rings (SSSR count). The predicted molar refractivity (Wildman–Crippen MR) is 59.7 cm³/mol. The molecule has 0 bridgehead atoms. The van der Waals surface area contributed by atoms with Gasteiger partial charge in [0.1, 0.15) is 0 Å². The summed E-state index contributed by atoms with van der Waals surface area (Å²) in [4.78, 5) is 2.12. The highest BCUT2D eigenvalue weighted by molar-refractivity contribution is 7.79. The summed E-state index contributed by atoms with van der Waals surface area (Å²) in [6, 6.07) is 8.36. The summed E-state index contributed by atoms with van der Waals surface area (Å²) in [7, 11) is -0.551. The second-order valence-corrected chi connectivity index (χ2v) is 4.02. The Morgan fingerprint density at radius 1 is 1.13 bits per heavy atom. The Bertz CT molecular complexity index is 392. The van der Waals surface area contributed by atoms with Crippen molar-refractivity contribution in [3.63, 3.8) is 0 Å². The van der Waals surface area contributed by atoms with E-state index >= 15 is 0 Å². The second kappa shape index (κ2) is 5.69. The van der Waals surface area contributed by atoms with Gasteiger partial charge in [0, 0.05) is 19.8 Å². The highest BCUT2D eigenvalue weighted by Crippen LogP contribution is 2.15. The van der Waals surface area contributed by atoms with Crippen LogP contribution < -0.4 is 4.90 Å². The minimum absolute atomic E-state index is 1.29. The van der Waals surface area contributed by atoms with E-state index < -0.39 is 10.4 Å². The number of para-hydroxylation sites is 1. The minimum Gasteiger partial charge on any atom is -0.377 e. The van der Waals surface area contributed by atoms with Gasteiger partial charge in [-0.2, -0.15) is 8.42 Å². The first-order chi connectivity index (χ1) is 6.72. The first-order valence-corrected chi connectivity index (χ1v) is 5.54. The summed E-state index contributed by atoms with van der Waals surface area (Å²) in [6.45, 7) is 2.12. The number of nitrogens with zero attached hydrogens (tertiary/aromatic N) is 1. The molecule has 0 amide bonds. The minimum atomic E-state index is -4.67. The van der Waals surface area contributed by atoms with E-state index in [0.717, 1.165) is 0 Å². The monoisotopic (exact) mass is 233 g/mol. The van der Waals surface area contributed by atoms with Crippen molar-refractivity contribution < 1.29 is 17.5 Å². The number of aryl methyl sites for hydroxylation is 1. The summed E-state index contributed by atoms with van der Waals surface area (Å²) in [5.41, 5.74) is 2.62. The summed E-state index contributed by atoms with van der Waals surface area (Å²) in [5.74, 6) is 0. The Morgan fingerprint density at radius 3 is 1.80 bits per heavy atom. The van der Waals surface area contributed by atoms with Crippen LogP contribution in [-0.4, -0.2) is 31.6 Å². The van der Waals surface area contributed by atoms with Crippen molar-refractivity contribution >= 4 is 16.1 Å². The molecule has 0 atom stereocenters. The smallest absolute Gasteiger partial charge is 0.377 e. The highest BCUT2D eigenvalue weighted by Gasteiger charge is 1.95. The Balaban J connectivity index is 0.000000336. The van der Waals surface area contributed by atoms with Crippen LogP contribution in [0.25, 0.3) is 0 Å². The van der Waals surface area contributed by atoms with Crippen molar-refractivity contribution in [2.45, 2.75) is 6.92 Å². The summed E-state index contributed by atoms with van der Waals surface area (Å²) in [6.07, 6.45) is 0. The lowest BCUT2D eigenvalue weighted by atomic mass is 10.2. The zero-order valence-corrected chi connectivity index (χ0v) is 9.69. The van der Waals surface area contributed by atoms with E-state index in [2.05, 4.69) is 50.2 Å². The Labute approximate surface area is 89.9 Å². The molecule has 1 aromatic rings. The zero-order valence-electron chi connectivity index (χ0n) is 8.88. The fraction of sp³-hybridized carbons (Fsp3) is 0.333. The quantitative estimate of drug-likeness (QED) is 0.717. The Morgan fingerprint density at radius 2 is 1.53 bits per heavy atom. The molecule has 0 aliphatic carbocycles. The van der Waals surface area contributed by atoms with Crippen molar-refractivity contribution in [2.75, 3.05) is 19.0 Å². The summed E-state index contributed by atoms with van der Waals surface area (Å²) in [5, 5.41) is 0. The van der Waals surface area contributed by atoms with Gasteiger partial charge in [-0.15, -0.1) is 0 Å². The fourth-order valence-electron chi connectivity index (χ4n) is 1.07. The molecule has 0 aromatic heterocycles. The van der Waals surface area contributed by atoms with Crippen LogP contribution in [0.15, 0.2) is 24.3 Å². The van der Waals surface area contributed by atoms with Crippen LogP contribution in [0.3, 0.4) is 0 Å². The van der Waals surface area contributed by atoms with Crippen molar-refractivity contribution in [1.29, 1.82) is 0 Å².